The van der Waals surface area contributed by atoms with Crippen LogP contribution in [-0.2, 0) is 28.7 Å². The van der Waals surface area contributed by atoms with Crippen LogP contribution in [0.5, 0.6) is 0 Å². The summed E-state index contributed by atoms with van der Waals surface area (Å²) in [5, 5.41) is 11.1. The Kier molecular flexibility index (Phi) is 8.77. The fourth-order valence-electron chi connectivity index (χ4n) is 5.68. The van der Waals surface area contributed by atoms with Crippen molar-refractivity contribution < 1.29 is 27.5 Å². The van der Waals surface area contributed by atoms with Gasteiger partial charge in [0.1, 0.15) is 17.8 Å². The van der Waals surface area contributed by atoms with Crippen LogP contribution >= 0.6 is 11.6 Å². The molecule has 49 heavy (non-hydrogen) atoms. The topological polar surface area (TPSA) is 131 Å². The first kappa shape index (κ1) is 33.8. The van der Waals surface area contributed by atoms with E-state index >= 15 is 0 Å². The van der Waals surface area contributed by atoms with Crippen LogP contribution in [-0.4, -0.2) is 77.5 Å². The number of piperazine rings is 1. The number of rotatable bonds is 6. The van der Waals surface area contributed by atoms with Gasteiger partial charge in [0, 0.05) is 44.1 Å². The minimum absolute atomic E-state index is 0.00969. The van der Waals surface area contributed by atoms with Crippen molar-refractivity contribution in [3.05, 3.63) is 75.4 Å². The predicted octanol–water partition coefficient (Wildman–Crippen LogP) is 5.14. The summed E-state index contributed by atoms with van der Waals surface area (Å²) in [4.78, 5) is 48.5. The van der Waals surface area contributed by atoms with Gasteiger partial charge < -0.3 is 24.4 Å². The summed E-state index contributed by atoms with van der Waals surface area (Å²) in [5.74, 6) is -0.294. The Bertz CT molecular complexity index is 2130. The number of nitrogens with zero attached hydrogens (tertiary/aromatic N) is 8. The number of hydrogen-bond donors (Lipinski definition) is 1. The van der Waals surface area contributed by atoms with Gasteiger partial charge in [-0.25, -0.2) is 9.31 Å². The molecular weight excluding hydrogens is 667 g/mol. The number of carbonyl (C=O) groups is 2. The van der Waals surface area contributed by atoms with E-state index in [2.05, 4.69) is 20.5 Å². The first-order chi connectivity index (χ1) is 23.1. The van der Waals surface area contributed by atoms with E-state index in [9.17, 15) is 27.6 Å². The van der Waals surface area contributed by atoms with Crippen LogP contribution in [0.25, 0.3) is 22.7 Å². The molecule has 5 heterocycles. The summed E-state index contributed by atoms with van der Waals surface area (Å²) in [6.45, 7) is 8.01. The molecule has 1 saturated heterocycles. The average molecular weight is 700 g/mol. The van der Waals surface area contributed by atoms with Gasteiger partial charge >= 0.3 is 12.3 Å². The van der Waals surface area contributed by atoms with Crippen LogP contribution in [0.3, 0.4) is 0 Å². The average Bonchev–Trinajstić information content (AvgIpc) is 3.70. The van der Waals surface area contributed by atoms with E-state index in [4.69, 9.17) is 16.3 Å². The number of carbonyl (C=O) groups excluding carboxylic acids is 2. The monoisotopic (exact) mass is 699 g/mol. The highest BCUT2D eigenvalue weighted by Crippen LogP contribution is 2.34. The number of aromatic nitrogens is 6. The van der Waals surface area contributed by atoms with Crippen LogP contribution in [0.1, 0.15) is 39.0 Å². The number of pyridine rings is 1. The minimum atomic E-state index is -4.60. The predicted molar refractivity (Wildman–Crippen MR) is 176 cm³/mol. The lowest BCUT2D eigenvalue weighted by Crippen LogP contribution is -2.51. The maximum Gasteiger partial charge on any atom is 0.416 e. The van der Waals surface area contributed by atoms with E-state index < -0.39 is 34.9 Å². The van der Waals surface area contributed by atoms with E-state index in [0.29, 0.717) is 36.5 Å². The summed E-state index contributed by atoms with van der Waals surface area (Å²) in [5.41, 5.74) is 0.0810. The van der Waals surface area contributed by atoms with Gasteiger partial charge in [-0.05, 0) is 63.6 Å². The molecular formula is C32H33ClF3N9O4. The molecule has 4 aromatic heterocycles. The van der Waals surface area contributed by atoms with Crippen molar-refractivity contribution in [3.8, 4) is 11.4 Å². The Morgan fingerprint density at radius 1 is 1.04 bits per heavy atom. The van der Waals surface area contributed by atoms with Crippen LogP contribution in [0.2, 0.25) is 5.02 Å². The number of hydrogen-bond acceptors (Lipinski definition) is 8. The van der Waals surface area contributed by atoms with E-state index in [1.807, 2.05) is 17.9 Å². The molecule has 2 amide bonds. The van der Waals surface area contributed by atoms with Gasteiger partial charge in [-0.3, -0.25) is 9.59 Å². The van der Waals surface area contributed by atoms with Crippen molar-refractivity contribution >= 4 is 46.3 Å². The third kappa shape index (κ3) is 6.90. The van der Waals surface area contributed by atoms with E-state index in [1.165, 1.54) is 0 Å². The number of amides is 2. The van der Waals surface area contributed by atoms with E-state index in [-0.39, 0.29) is 41.9 Å². The molecule has 0 unspecified atom stereocenters. The SMILES string of the molecule is CCc1c(N2CCN(C(=O)OC(C)(C)C)CC2)c(=O)n2nc(-c3ccn4nccc4c3)nc2n1CC(=O)Nc1ccc(C(F)(F)F)cc1Cl. The Balaban J connectivity index is 1.39. The second kappa shape index (κ2) is 12.7. The van der Waals surface area contributed by atoms with Gasteiger partial charge in [0.2, 0.25) is 11.7 Å². The molecule has 6 rings (SSSR count). The quantitative estimate of drug-likeness (QED) is 0.258. The first-order valence-electron chi connectivity index (χ1n) is 15.5. The lowest BCUT2D eigenvalue weighted by molar-refractivity contribution is -0.137. The van der Waals surface area contributed by atoms with Gasteiger partial charge in [-0.2, -0.15) is 27.8 Å². The number of halogens is 4. The fourth-order valence-corrected chi connectivity index (χ4v) is 5.91. The van der Waals surface area contributed by atoms with Crippen LogP contribution < -0.4 is 15.8 Å². The highest BCUT2D eigenvalue weighted by atomic mass is 35.5. The molecule has 17 heteroatoms. The van der Waals surface area contributed by atoms with Crippen LogP contribution in [0.15, 0.2) is 53.6 Å². The molecule has 0 bridgehead atoms. The van der Waals surface area contributed by atoms with Gasteiger partial charge in [0.15, 0.2) is 5.82 Å². The number of ether oxygens (including phenoxy) is 1. The lowest BCUT2D eigenvalue weighted by Gasteiger charge is -2.37. The normalized spacial score (nSPS) is 14.1. The fraction of sp³-hybridized carbons (Fsp3) is 0.375. The second-order valence-corrected chi connectivity index (χ2v) is 12.9. The highest BCUT2D eigenvalue weighted by molar-refractivity contribution is 6.33. The summed E-state index contributed by atoms with van der Waals surface area (Å²) in [6.07, 6.45) is -1.37. The molecule has 0 saturated carbocycles. The number of anilines is 2. The molecule has 1 N–H and O–H groups in total. The molecule has 0 radical (unpaired) electrons. The van der Waals surface area contributed by atoms with E-state index in [1.54, 1.807) is 59.3 Å². The summed E-state index contributed by atoms with van der Waals surface area (Å²) in [6, 6.07) is 8.02. The van der Waals surface area contributed by atoms with Gasteiger partial charge in [-0.1, -0.05) is 18.5 Å². The highest BCUT2D eigenvalue weighted by Gasteiger charge is 2.32. The van der Waals surface area contributed by atoms with Crippen molar-refractivity contribution in [2.45, 2.75) is 52.4 Å². The molecule has 0 spiro atoms. The third-order valence-corrected chi connectivity index (χ3v) is 8.25. The Hall–Kier alpha value is -5.12. The lowest BCUT2D eigenvalue weighted by atomic mass is 10.2. The zero-order valence-electron chi connectivity index (χ0n) is 27.1. The molecule has 1 aliphatic rings. The van der Waals surface area contributed by atoms with Crippen molar-refractivity contribution in [3.63, 3.8) is 0 Å². The zero-order valence-corrected chi connectivity index (χ0v) is 27.8. The molecule has 0 atom stereocenters. The largest absolute Gasteiger partial charge is 0.444 e. The van der Waals surface area contributed by atoms with Crippen LogP contribution in [0.4, 0.5) is 29.3 Å². The van der Waals surface area contributed by atoms with E-state index in [0.717, 1.165) is 28.2 Å². The minimum Gasteiger partial charge on any atom is -0.444 e. The molecule has 1 aromatic carbocycles. The van der Waals surface area contributed by atoms with Crippen LogP contribution in [0, 0.1) is 0 Å². The smallest absolute Gasteiger partial charge is 0.416 e. The molecule has 1 fully saturated rings. The molecule has 13 nitrogen and oxygen atoms in total. The number of nitrogens with one attached hydrogen (secondary N) is 1. The molecule has 1 aliphatic heterocycles. The van der Waals surface area contributed by atoms with Crippen molar-refractivity contribution in [2.75, 3.05) is 36.4 Å². The maximum atomic E-state index is 14.2. The first-order valence-corrected chi connectivity index (χ1v) is 15.9. The molecule has 0 aliphatic carbocycles. The second-order valence-electron chi connectivity index (χ2n) is 12.5. The molecule has 5 aromatic rings. The summed E-state index contributed by atoms with van der Waals surface area (Å²) in [7, 11) is 0. The summed E-state index contributed by atoms with van der Waals surface area (Å²) >= 11 is 6.12. The Labute approximate surface area is 282 Å². The van der Waals surface area contributed by atoms with Gasteiger partial charge in [0.25, 0.3) is 5.56 Å². The third-order valence-electron chi connectivity index (χ3n) is 7.94. The number of benzene rings is 1. The maximum absolute atomic E-state index is 14.2. The van der Waals surface area contributed by atoms with Gasteiger partial charge in [0.05, 0.1) is 27.5 Å². The Morgan fingerprint density at radius 2 is 1.78 bits per heavy atom. The molecule has 258 valence electrons. The standard InChI is InChI=1S/C32H33ClF3N9O4/c1-5-24-26(41-12-14-42(15-13-41)30(48)49-31(2,3)4)28(47)45-29(39-27(40-45)19-9-11-44-21(16-19)8-10-37-44)43(24)18-25(46)38-23-7-6-20(17-22(23)33)32(34,35)36/h6-11,16-17H,5,12-15,18H2,1-4H3,(H,38,46). The Morgan fingerprint density at radius 3 is 2.43 bits per heavy atom. The van der Waals surface area contributed by atoms with Crippen molar-refractivity contribution in [1.29, 1.82) is 0 Å². The zero-order chi connectivity index (χ0) is 35.2. The number of fused-ring (bicyclic) bond motifs is 2. The summed E-state index contributed by atoms with van der Waals surface area (Å²) < 4.78 is 49.5. The number of alkyl halides is 3. The van der Waals surface area contributed by atoms with Crippen molar-refractivity contribution in [1.82, 2.24) is 33.7 Å². The van der Waals surface area contributed by atoms with Gasteiger partial charge in [-0.15, -0.1) is 5.10 Å². The van der Waals surface area contributed by atoms with Crippen molar-refractivity contribution in [2.24, 2.45) is 0 Å².